The lowest BCUT2D eigenvalue weighted by Gasteiger charge is -2.41. The van der Waals surface area contributed by atoms with Gasteiger partial charge in [0.15, 0.2) is 0 Å². The van der Waals surface area contributed by atoms with Gasteiger partial charge in [0, 0.05) is 31.7 Å². The van der Waals surface area contributed by atoms with Crippen LogP contribution in [0.2, 0.25) is 0 Å². The maximum atomic E-state index is 14.2. The summed E-state index contributed by atoms with van der Waals surface area (Å²) in [6.07, 6.45) is 5.36. The van der Waals surface area contributed by atoms with Crippen LogP contribution in [0.4, 0.5) is 14.5 Å². The van der Waals surface area contributed by atoms with Crippen molar-refractivity contribution in [3.05, 3.63) is 29.8 Å². The molecule has 4 nitrogen and oxygen atoms in total. The molecule has 1 atom stereocenters. The van der Waals surface area contributed by atoms with Crippen molar-refractivity contribution < 1.29 is 18.7 Å². The van der Waals surface area contributed by atoms with Gasteiger partial charge in [-0.15, -0.1) is 0 Å². The van der Waals surface area contributed by atoms with E-state index in [2.05, 4.69) is 0 Å². The fourth-order valence-corrected chi connectivity index (χ4v) is 5.01. The summed E-state index contributed by atoms with van der Waals surface area (Å²) >= 11 is 0. The third-order valence-electron chi connectivity index (χ3n) is 6.48. The average Bonchev–Trinajstić information content (AvgIpc) is 2.94. The van der Waals surface area contributed by atoms with E-state index >= 15 is 0 Å². The maximum absolute atomic E-state index is 14.2. The molecule has 2 aliphatic heterocycles. The predicted molar refractivity (Wildman–Crippen MR) is 94.8 cm³/mol. The highest BCUT2D eigenvalue weighted by molar-refractivity contribution is 5.86. The average molecular weight is 364 g/mol. The minimum atomic E-state index is -0.479. The largest absolute Gasteiger partial charge is 0.393 e. The summed E-state index contributed by atoms with van der Waals surface area (Å²) in [6.45, 7) is 1.84. The minimum Gasteiger partial charge on any atom is -0.393 e. The van der Waals surface area contributed by atoms with E-state index in [1.807, 2.05) is 9.80 Å². The number of aliphatic hydroxyl groups excluding tert-OH is 1. The van der Waals surface area contributed by atoms with E-state index in [4.69, 9.17) is 0 Å². The maximum Gasteiger partial charge on any atom is 0.230 e. The van der Waals surface area contributed by atoms with Crippen LogP contribution in [0.25, 0.3) is 0 Å². The number of benzene rings is 1. The van der Waals surface area contributed by atoms with Gasteiger partial charge in [0.2, 0.25) is 5.91 Å². The Balaban J connectivity index is 1.51. The third kappa shape index (κ3) is 3.08. The van der Waals surface area contributed by atoms with Crippen LogP contribution in [0.15, 0.2) is 18.2 Å². The molecule has 1 N–H and O–H groups in total. The van der Waals surface area contributed by atoms with Crippen LogP contribution in [0.3, 0.4) is 0 Å². The second kappa shape index (κ2) is 6.80. The zero-order chi connectivity index (χ0) is 18.3. The van der Waals surface area contributed by atoms with E-state index in [-0.39, 0.29) is 23.7 Å². The molecule has 2 heterocycles. The standard InChI is InChI=1S/C20H26F2N2O2/c21-14-2-7-17(22)18(12-14)23-10-1-8-20(13-23)9-11-24(19(20)26)15-3-5-16(25)6-4-15/h2,7,12,15-16,25H,1,3-6,8-11,13H2/t15?,16?,20-/m1/s1. The van der Waals surface area contributed by atoms with Gasteiger partial charge in [-0.2, -0.15) is 0 Å². The molecule has 0 unspecified atom stereocenters. The molecule has 3 fully saturated rings. The van der Waals surface area contributed by atoms with Gasteiger partial charge in [-0.1, -0.05) is 0 Å². The normalized spacial score (nSPS) is 32.5. The van der Waals surface area contributed by atoms with E-state index < -0.39 is 17.0 Å². The Morgan fingerprint density at radius 2 is 1.85 bits per heavy atom. The summed E-state index contributed by atoms with van der Waals surface area (Å²) in [5, 5.41) is 9.71. The molecule has 0 bridgehead atoms. The molecule has 26 heavy (non-hydrogen) atoms. The number of aliphatic hydroxyl groups is 1. The Bertz CT molecular complexity index is 690. The number of piperidine rings is 1. The van der Waals surface area contributed by atoms with Crippen molar-refractivity contribution in [3.63, 3.8) is 0 Å². The molecule has 4 rings (SSSR count). The molecule has 1 aliphatic carbocycles. The van der Waals surface area contributed by atoms with Crippen LogP contribution in [-0.2, 0) is 4.79 Å². The highest BCUT2D eigenvalue weighted by Crippen LogP contribution is 2.43. The zero-order valence-electron chi connectivity index (χ0n) is 15.0. The Hall–Kier alpha value is -1.69. The Morgan fingerprint density at radius 1 is 1.08 bits per heavy atom. The van der Waals surface area contributed by atoms with Crippen molar-refractivity contribution in [2.75, 3.05) is 24.5 Å². The zero-order valence-corrected chi connectivity index (χ0v) is 15.0. The topological polar surface area (TPSA) is 43.8 Å². The van der Waals surface area contributed by atoms with Crippen molar-refractivity contribution in [1.29, 1.82) is 0 Å². The van der Waals surface area contributed by atoms with Crippen LogP contribution in [0.1, 0.15) is 44.9 Å². The van der Waals surface area contributed by atoms with Gasteiger partial charge in [0.25, 0.3) is 0 Å². The molecule has 6 heteroatoms. The molecule has 0 radical (unpaired) electrons. The van der Waals surface area contributed by atoms with Crippen molar-refractivity contribution in [2.45, 2.75) is 57.1 Å². The number of hydrogen-bond donors (Lipinski definition) is 1. The molecule has 1 aromatic carbocycles. The lowest BCUT2D eigenvalue weighted by molar-refractivity contribution is -0.139. The first-order valence-electron chi connectivity index (χ1n) is 9.68. The first-order chi connectivity index (χ1) is 12.5. The summed E-state index contributed by atoms with van der Waals surface area (Å²) in [6, 6.07) is 3.72. The molecule has 3 aliphatic rings. The number of hydrogen-bond acceptors (Lipinski definition) is 3. The second-order valence-electron chi connectivity index (χ2n) is 8.11. The minimum absolute atomic E-state index is 0.167. The number of anilines is 1. The van der Waals surface area contributed by atoms with E-state index in [1.54, 1.807) is 0 Å². The predicted octanol–water partition coefficient (Wildman–Crippen LogP) is 3.09. The van der Waals surface area contributed by atoms with Gasteiger partial charge in [0.05, 0.1) is 17.2 Å². The Labute approximate surface area is 152 Å². The van der Waals surface area contributed by atoms with Gasteiger partial charge >= 0.3 is 0 Å². The number of likely N-dealkylation sites (tertiary alicyclic amines) is 1. The van der Waals surface area contributed by atoms with Crippen LogP contribution in [-0.4, -0.2) is 47.7 Å². The Morgan fingerprint density at radius 3 is 2.62 bits per heavy atom. The van der Waals surface area contributed by atoms with E-state index in [9.17, 15) is 18.7 Å². The molecule has 1 spiro atoms. The van der Waals surface area contributed by atoms with E-state index in [0.717, 1.165) is 63.6 Å². The lowest BCUT2D eigenvalue weighted by Crippen LogP contribution is -2.50. The molecule has 142 valence electrons. The molecule has 0 aromatic heterocycles. The highest BCUT2D eigenvalue weighted by Gasteiger charge is 2.50. The fraction of sp³-hybridized carbons (Fsp3) is 0.650. The summed E-state index contributed by atoms with van der Waals surface area (Å²) in [7, 11) is 0. The molecule has 1 saturated carbocycles. The van der Waals surface area contributed by atoms with Gasteiger partial charge in [-0.25, -0.2) is 8.78 Å². The number of carbonyl (C=O) groups excluding carboxylic acids is 1. The molecular weight excluding hydrogens is 338 g/mol. The second-order valence-corrected chi connectivity index (χ2v) is 8.11. The quantitative estimate of drug-likeness (QED) is 0.877. The van der Waals surface area contributed by atoms with Crippen molar-refractivity contribution >= 4 is 11.6 Å². The van der Waals surface area contributed by atoms with Gasteiger partial charge in [-0.3, -0.25) is 4.79 Å². The van der Waals surface area contributed by atoms with E-state index in [1.165, 1.54) is 6.07 Å². The van der Waals surface area contributed by atoms with Gasteiger partial charge in [-0.05, 0) is 57.1 Å². The number of amides is 1. The van der Waals surface area contributed by atoms with Crippen LogP contribution in [0.5, 0.6) is 0 Å². The molecule has 2 saturated heterocycles. The number of carbonyl (C=O) groups is 1. The number of rotatable bonds is 2. The van der Waals surface area contributed by atoms with Gasteiger partial charge < -0.3 is 14.9 Å². The van der Waals surface area contributed by atoms with E-state index in [0.29, 0.717) is 13.1 Å². The van der Waals surface area contributed by atoms with Crippen LogP contribution < -0.4 is 4.90 Å². The lowest BCUT2D eigenvalue weighted by atomic mass is 9.78. The SMILES string of the molecule is O=C1N(C2CCC(O)CC2)CC[C@@]12CCCN(c1cc(F)ccc1F)C2. The monoisotopic (exact) mass is 364 g/mol. The first kappa shape index (κ1) is 17.7. The molecular formula is C20H26F2N2O2. The number of nitrogens with zero attached hydrogens (tertiary/aromatic N) is 2. The van der Waals surface area contributed by atoms with Crippen LogP contribution in [0, 0.1) is 17.0 Å². The molecule has 1 aromatic rings. The van der Waals surface area contributed by atoms with Crippen molar-refractivity contribution in [2.24, 2.45) is 5.41 Å². The van der Waals surface area contributed by atoms with Crippen LogP contribution >= 0.6 is 0 Å². The number of halogens is 2. The summed E-state index contributed by atoms with van der Waals surface area (Å²) in [5.74, 6) is -0.728. The third-order valence-corrected chi connectivity index (χ3v) is 6.48. The summed E-state index contributed by atoms with van der Waals surface area (Å²) < 4.78 is 27.8. The summed E-state index contributed by atoms with van der Waals surface area (Å²) in [5.41, 5.74) is -0.219. The first-order valence-corrected chi connectivity index (χ1v) is 9.68. The Kier molecular flexibility index (Phi) is 4.63. The summed E-state index contributed by atoms with van der Waals surface area (Å²) in [4.78, 5) is 17.1. The van der Waals surface area contributed by atoms with Gasteiger partial charge in [0.1, 0.15) is 11.6 Å². The highest BCUT2D eigenvalue weighted by atomic mass is 19.1. The van der Waals surface area contributed by atoms with Crippen molar-refractivity contribution in [1.82, 2.24) is 4.90 Å². The fourth-order valence-electron chi connectivity index (χ4n) is 5.01. The van der Waals surface area contributed by atoms with Crippen molar-refractivity contribution in [3.8, 4) is 0 Å². The smallest absolute Gasteiger partial charge is 0.230 e. The molecule has 1 amide bonds.